The van der Waals surface area contributed by atoms with Gasteiger partial charge in [0.1, 0.15) is 0 Å². The first-order valence-corrected chi connectivity index (χ1v) is 2.91. The maximum atomic E-state index is 10.0. The molecule has 40 valence electrons. The average Bonchev–Trinajstić information content (AvgIpc) is 1.27. The summed E-state index contributed by atoms with van der Waals surface area (Å²) in [6.07, 6.45) is 0. The Labute approximate surface area is 44.1 Å². The fourth-order valence-electron chi connectivity index (χ4n) is 0.248. The predicted molar refractivity (Wildman–Crippen MR) is 29.7 cm³/mol. The first-order valence-electron chi connectivity index (χ1n) is 1.91. The van der Waals surface area contributed by atoms with Crippen molar-refractivity contribution in [2.24, 2.45) is 0 Å². The molecule has 0 spiro atoms. The van der Waals surface area contributed by atoms with Gasteiger partial charge in [-0.3, -0.25) is 9.59 Å². The van der Waals surface area contributed by atoms with Gasteiger partial charge in [0.05, 0.1) is 0 Å². The van der Waals surface area contributed by atoms with Gasteiger partial charge in [-0.1, -0.05) is 0 Å². The number of carbonyl (C=O) groups is 2. The summed E-state index contributed by atoms with van der Waals surface area (Å²) in [6.45, 7) is 2.83. The van der Waals surface area contributed by atoms with Gasteiger partial charge < -0.3 is 0 Å². The summed E-state index contributed by atoms with van der Waals surface area (Å²) >= 11 is 0. The highest BCUT2D eigenvalue weighted by Gasteiger charge is 1.94. The first-order chi connectivity index (χ1) is 3.13. The van der Waals surface area contributed by atoms with E-state index in [1.165, 1.54) is 13.8 Å². The molecule has 0 radical (unpaired) electrons. The maximum Gasteiger partial charge on any atom is 0.155 e. The molecule has 0 aromatic rings. The lowest BCUT2D eigenvalue weighted by Gasteiger charge is -1.81. The molecule has 7 heavy (non-hydrogen) atoms. The summed E-state index contributed by atoms with van der Waals surface area (Å²) in [5.74, 6) is 0. The van der Waals surface area contributed by atoms with Crippen LogP contribution < -0.4 is 0 Å². The van der Waals surface area contributed by atoms with E-state index in [0.717, 1.165) is 0 Å². The van der Waals surface area contributed by atoms with Crippen LogP contribution in [0, 0.1) is 0 Å². The van der Waals surface area contributed by atoms with Crippen LogP contribution >= 0.6 is 8.58 Å². The van der Waals surface area contributed by atoms with Gasteiger partial charge in [0.25, 0.3) is 0 Å². The molecule has 0 aliphatic heterocycles. The third-order valence-electron chi connectivity index (χ3n) is 0.352. The quantitative estimate of drug-likeness (QED) is 0.501. The van der Waals surface area contributed by atoms with Crippen molar-refractivity contribution in [3.05, 3.63) is 0 Å². The van der Waals surface area contributed by atoms with Crippen molar-refractivity contribution in [1.82, 2.24) is 0 Å². The number of hydrogen-bond acceptors (Lipinski definition) is 2. The number of carbonyl (C=O) groups excluding carboxylic acids is 2. The van der Waals surface area contributed by atoms with Crippen molar-refractivity contribution >= 4 is 19.6 Å². The third-order valence-corrected chi connectivity index (χ3v) is 1.06. The second-order valence-electron chi connectivity index (χ2n) is 1.24. The Balaban J connectivity index is 3.32. The Hall–Kier alpha value is -0.230. The van der Waals surface area contributed by atoms with Gasteiger partial charge >= 0.3 is 0 Å². The Morgan fingerprint density at radius 3 is 1.43 bits per heavy atom. The summed E-state index contributed by atoms with van der Waals surface area (Å²) in [4.78, 5) is 20.1. The lowest BCUT2D eigenvalue weighted by molar-refractivity contribution is -0.111. The minimum atomic E-state index is -0.133. The molecule has 2 nitrogen and oxygen atoms in total. The molecule has 0 N–H and O–H groups in total. The third kappa shape index (κ3) is 5.77. The molecule has 0 saturated heterocycles. The molecular weight excluding hydrogens is 111 g/mol. The first kappa shape index (κ1) is 6.77. The molecule has 3 heteroatoms. The standard InChI is InChI=1S/C4H7O2P/c1-3(5)7-4(2)6/h7H,1-2H3. The van der Waals surface area contributed by atoms with Crippen molar-refractivity contribution in [2.45, 2.75) is 13.8 Å². The van der Waals surface area contributed by atoms with E-state index < -0.39 is 0 Å². The Morgan fingerprint density at radius 1 is 1.14 bits per heavy atom. The monoisotopic (exact) mass is 118 g/mol. The molecule has 0 heterocycles. The minimum Gasteiger partial charge on any atom is -0.295 e. The van der Waals surface area contributed by atoms with Crippen LogP contribution in [0.3, 0.4) is 0 Å². The molecule has 0 fully saturated rings. The molecular formula is C4H7O2P. The van der Waals surface area contributed by atoms with Gasteiger partial charge in [0.2, 0.25) is 0 Å². The number of hydrogen-bond donors (Lipinski definition) is 0. The van der Waals surface area contributed by atoms with Gasteiger partial charge in [0, 0.05) is 8.58 Å². The summed E-state index contributed by atoms with van der Waals surface area (Å²) in [5.41, 5.74) is -0.0694. The minimum absolute atomic E-state index is 0.0347. The van der Waals surface area contributed by atoms with Crippen LogP contribution in [-0.4, -0.2) is 11.0 Å². The predicted octanol–water partition coefficient (Wildman–Crippen LogP) is 0.758. The van der Waals surface area contributed by atoms with E-state index in [1.807, 2.05) is 0 Å². The topological polar surface area (TPSA) is 34.1 Å². The van der Waals surface area contributed by atoms with E-state index >= 15 is 0 Å². The maximum absolute atomic E-state index is 10.0. The molecule has 0 aliphatic carbocycles. The Kier molecular flexibility index (Phi) is 2.77. The zero-order valence-corrected chi connectivity index (χ0v) is 5.32. The van der Waals surface area contributed by atoms with Gasteiger partial charge in [-0.05, 0) is 13.8 Å². The van der Waals surface area contributed by atoms with Crippen LogP contribution in [0.5, 0.6) is 0 Å². The van der Waals surface area contributed by atoms with E-state index in [4.69, 9.17) is 0 Å². The van der Waals surface area contributed by atoms with Crippen molar-refractivity contribution in [2.75, 3.05) is 0 Å². The smallest absolute Gasteiger partial charge is 0.155 e. The van der Waals surface area contributed by atoms with Crippen LogP contribution in [0.4, 0.5) is 0 Å². The van der Waals surface area contributed by atoms with E-state index in [0.29, 0.717) is 0 Å². The van der Waals surface area contributed by atoms with E-state index in [-0.39, 0.29) is 19.6 Å². The number of rotatable bonds is 2. The average molecular weight is 118 g/mol. The molecule has 0 atom stereocenters. The van der Waals surface area contributed by atoms with Crippen molar-refractivity contribution in [1.29, 1.82) is 0 Å². The van der Waals surface area contributed by atoms with Gasteiger partial charge in [-0.2, -0.15) is 0 Å². The molecule has 0 aliphatic rings. The summed E-state index contributed by atoms with van der Waals surface area (Å²) in [5, 5.41) is 0. The summed E-state index contributed by atoms with van der Waals surface area (Å²) in [6, 6.07) is 0. The van der Waals surface area contributed by atoms with Crippen LogP contribution in [0.2, 0.25) is 0 Å². The SMILES string of the molecule is CC(=O)PC(C)=O. The van der Waals surface area contributed by atoms with Crippen molar-refractivity contribution in [3.63, 3.8) is 0 Å². The second kappa shape index (κ2) is 2.86. The largest absolute Gasteiger partial charge is 0.295 e. The molecule has 0 aromatic carbocycles. The van der Waals surface area contributed by atoms with Crippen LogP contribution in [-0.2, 0) is 9.59 Å². The second-order valence-corrected chi connectivity index (χ2v) is 2.90. The Morgan fingerprint density at radius 2 is 1.43 bits per heavy atom. The lowest BCUT2D eigenvalue weighted by Crippen LogP contribution is -1.83. The highest BCUT2D eigenvalue weighted by atomic mass is 31.1. The fraction of sp³-hybridized carbons (Fsp3) is 0.500. The van der Waals surface area contributed by atoms with Gasteiger partial charge in [-0.15, -0.1) is 0 Å². The molecule has 0 aromatic heterocycles. The highest BCUT2D eigenvalue weighted by Crippen LogP contribution is 2.09. The summed E-state index contributed by atoms with van der Waals surface area (Å²) in [7, 11) is -0.133. The fourth-order valence-corrected chi connectivity index (χ4v) is 0.744. The lowest BCUT2D eigenvalue weighted by atomic mass is 10.9. The molecule has 0 bridgehead atoms. The van der Waals surface area contributed by atoms with E-state index in [1.54, 1.807) is 0 Å². The molecule has 0 rings (SSSR count). The van der Waals surface area contributed by atoms with Gasteiger partial charge in [0.15, 0.2) is 11.0 Å². The normalized spacial score (nSPS) is 8.29. The summed E-state index contributed by atoms with van der Waals surface area (Å²) < 4.78 is 0. The van der Waals surface area contributed by atoms with E-state index in [9.17, 15) is 9.59 Å². The van der Waals surface area contributed by atoms with Crippen molar-refractivity contribution in [3.8, 4) is 0 Å². The zero-order chi connectivity index (χ0) is 5.86. The van der Waals surface area contributed by atoms with E-state index in [2.05, 4.69) is 0 Å². The molecule has 0 unspecified atom stereocenters. The van der Waals surface area contributed by atoms with Crippen LogP contribution in [0.15, 0.2) is 0 Å². The van der Waals surface area contributed by atoms with Gasteiger partial charge in [-0.25, -0.2) is 0 Å². The molecule has 0 amide bonds. The van der Waals surface area contributed by atoms with Crippen molar-refractivity contribution < 1.29 is 9.59 Å². The van der Waals surface area contributed by atoms with Crippen LogP contribution in [0.1, 0.15) is 13.8 Å². The van der Waals surface area contributed by atoms with Crippen LogP contribution in [0.25, 0.3) is 0 Å². The highest BCUT2D eigenvalue weighted by molar-refractivity contribution is 7.73. The molecule has 0 saturated carbocycles. The Bertz CT molecular complexity index is 85.9. The zero-order valence-electron chi connectivity index (χ0n) is 4.32.